The molecule has 1 aliphatic heterocycles. The zero-order chi connectivity index (χ0) is 52.9. The third-order valence-corrected chi connectivity index (χ3v) is 13.4. The second kappa shape index (κ2) is 39.5. The molecule has 0 amide bonds. The van der Waals surface area contributed by atoms with Gasteiger partial charge in [-0.05, 0) is 83.5 Å². The maximum atomic E-state index is 13.0. The van der Waals surface area contributed by atoms with Crippen molar-refractivity contribution in [1.29, 1.82) is 0 Å². The zero-order valence-electron chi connectivity index (χ0n) is 42.8. The minimum Gasteiger partial charge on any atom is -0.462 e. The van der Waals surface area contributed by atoms with Crippen LogP contribution in [0.25, 0.3) is 0 Å². The van der Waals surface area contributed by atoms with Gasteiger partial charge in [-0.15, -0.1) is 0 Å². The Morgan fingerprint density at radius 2 is 0.986 bits per heavy atom. The summed E-state index contributed by atoms with van der Waals surface area (Å²) in [4.78, 5) is 54.4. The lowest BCUT2D eigenvalue weighted by molar-refractivity contribution is -0.216. The van der Waals surface area contributed by atoms with Gasteiger partial charge in [-0.25, -0.2) is 9.13 Å². The number of hydrogen-bond donors (Lipinski definition) is 7. The van der Waals surface area contributed by atoms with Gasteiger partial charge in [0.2, 0.25) is 0 Å². The molecule has 1 saturated heterocycles. The second-order valence-corrected chi connectivity index (χ2v) is 20.8. The molecular weight excluding hydrogens is 971 g/mol. The van der Waals surface area contributed by atoms with Crippen molar-refractivity contribution in [3.05, 3.63) is 85.1 Å². The van der Waals surface area contributed by atoms with Crippen molar-refractivity contribution in [3.63, 3.8) is 0 Å². The fourth-order valence-electron chi connectivity index (χ4n) is 7.71. The molecule has 0 aromatic carbocycles. The maximum Gasteiger partial charge on any atom is 0.472 e. The minimum atomic E-state index is -5.38. The van der Waals surface area contributed by atoms with Crippen LogP contribution in [0.4, 0.5) is 0 Å². The quantitative estimate of drug-likeness (QED) is 0.00985. The standard InChI is InChI=1S/C53H88O17P2/c1-3-5-7-8-9-10-11-12-13-14-15-16-17-18-23-26-29-32-36-40-47(55)67-43(42-66-72(63,64)70-53-50(58)48(56)49(57)52(51(53)59)69-71(60,61)62)41-65-46(54)39-35-31-28-25-22-20-19-21-24-27-30-34-38-45-44(68-45)37-33-6-4-2/h6,9-10,12-13,20-22,24,28,30-31,33-34,43-45,48-53,56-59H,3-5,7-8,11,14-19,23,25-27,29,32,35-42H2,1-2H3,(H,63,64)(H2,60,61,62)/b10-9-,13-12-,22-20-,24-21-,31-28-,33-6-,34-30-/t43-,44?,45?,48?,49?,50?,51?,52-,53+/m1/s1. The summed E-state index contributed by atoms with van der Waals surface area (Å²) in [7, 11) is -10.7. The molecule has 17 nitrogen and oxygen atoms in total. The van der Waals surface area contributed by atoms with Crippen LogP contribution in [0.15, 0.2) is 85.1 Å². The van der Waals surface area contributed by atoms with Crippen LogP contribution >= 0.6 is 15.6 Å². The van der Waals surface area contributed by atoms with E-state index in [9.17, 15) is 53.8 Å². The molecule has 0 radical (unpaired) electrons. The largest absolute Gasteiger partial charge is 0.472 e. The number of aliphatic hydroxyl groups excluding tert-OH is 4. The fraction of sp³-hybridized carbons (Fsp3) is 0.698. The molecule has 19 heteroatoms. The van der Waals surface area contributed by atoms with E-state index in [-0.39, 0.29) is 12.8 Å². The number of esters is 2. The normalized spacial score (nSPS) is 24.2. The van der Waals surface area contributed by atoms with E-state index in [2.05, 4.69) is 85.2 Å². The van der Waals surface area contributed by atoms with Crippen molar-refractivity contribution >= 4 is 27.6 Å². The predicted molar refractivity (Wildman–Crippen MR) is 277 cm³/mol. The van der Waals surface area contributed by atoms with Gasteiger partial charge in [0, 0.05) is 12.8 Å². The number of unbranched alkanes of at least 4 members (excludes halogenated alkanes) is 12. The van der Waals surface area contributed by atoms with Gasteiger partial charge in [-0.3, -0.25) is 23.2 Å². The van der Waals surface area contributed by atoms with Crippen LogP contribution < -0.4 is 0 Å². The van der Waals surface area contributed by atoms with E-state index in [1.54, 1.807) is 0 Å². The molecular formula is C53H88O17P2. The Morgan fingerprint density at radius 1 is 0.514 bits per heavy atom. The Labute approximate surface area is 429 Å². The number of ether oxygens (including phenoxy) is 3. The smallest absolute Gasteiger partial charge is 0.462 e. The molecule has 0 aromatic rings. The highest BCUT2D eigenvalue weighted by Crippen LogP contribution is 2.49. The molecule has 7 N–H and O–H groups in total. The highest BCUT2D eigenvalue weighted by molar-refractivity contribution is 7.47. The van der Waals surface area contributed by atoms with Gasteiger partial charge in [-0.1, -0.05) is 157 Å². The first-order valence-corrected chi connectivity index (χ1v) is 29.3. The number of phosphoric ester groups is 2. The Morgan fingerprint density at radius 3 is 1.53 bits per heavy atom. The molecule has 2 aliphatic rings. The number of hydrogen-bond acceptors (Lipinski definition) is 14. The number of carbonyl (C=O) groups excluding carboxylic acids is 2. The number of rotatable bonds is 42. The van der Waals surface area contributed by atoms with Gasteiger partial charge >= 0.3 is 27.6 Å². The monoisotopic (exact) mass is 1060 g/mol. The number of phosphoric acid groups is 2. The number of allylic oxidation sites excluding steroid dienone is 12. The van der Waals surface area contributed by atoms with Crippen molar-refractivity contribution in [3.8, 4) is 0 Å². The van der Waals surface area contributed by atoms with Gasteiger partial charge < -0.3 is 49.3 Å². The third kappa shape index (κ3) is 32.4. The van der Waals surface area contributed by atoms with E-state index in [4.69, 9.17) is 23.3 Å². The van der Waals surface area contributed by atoms with Crippen LogP contribution in [-0.4, -0.2) is 115 Å². The second-order valence-electron chi connectivity index (χ2n) is 18.2. The summed E-state index contributed by atoms with van der Waals surface area (Å²) in [5, 5.41) is 41.3. The summed E-state index contributed by atoms with van der Waals surface area (Å²) >= 11 is 0. The van der Waals surface area contributed by atoms with Crippen molar-refractivity contribution in [2.24, 2.45) is 0 Å². The molecule has 412 valence electrons. The Balaban J connectivity index is 1.77. The molecule has 2 fully saturated rings. The van der Waals surface area contributed by atoms with Crippen molar-refractivity contribution in [2.45, 2.75) is 223 Å². The lowest BCUT2D eigenvalue weighted by Crippen LogP contribution is -2.64. The summed E-state index contributed by atoms with van der Waals surface area (Å²) in [5.74, 6) is -1.32. The SMILES string of the molecule is CC/C=C\CC1OC1C/C=C\C/C=C\C/C=C\C/C=C\CCC(=O)OC[C@H](COP(=O)(O)O[C@H]1C(O)C(O)C(O)[C@@H](OP(=O)(O)O)C1O)OC(=O)CCCCCCCCCCC/C=C\C/C=C\CCCCC. The van der Waals surface area contributed by atoms with Gasteiger partial charge in [0.05, 0.1) is 18.8 Å². The molecule has 1 saturated carbocycles. The minimum absolute atomic E-state index is 0.0127. The van der Waals surface area contributed by atoms with Gasteiger partial charge in [0.25, 0.3) is 0 Å². The highest BCUT2D eigenvalue weighted by atomic mass is 31.2. The highest BCUT2D eigenvalue weighted by Gasteiger charge is 2.54. The van der Waals surface area contributed by atoms with Crippen LogP contribution in [0.2, 0.25) is 0 Å². The summed E-state index contributed by atoms with van der Waals surface area (Å²) in [6.45, 7) is 2.91. The Hall–Kier alpha value is -2.86. The molecule has 0 bridgehead atoms. The Bertz CT molecular complexity index is 1770. The van der Waals surface area contributed by atoms with Crippen LogP contribution in [0.5, 0.6) is 0 Å². The van der Waals surface area contributed by atoms with E-state index in [0.29, 0.717) is 31.5 Å². The van der Waals surface area contributed by atoms with Gasteiger partial charge in [-0.2, -0.15) is 0 Å². The lowest BCUT2D eigenvalue weighted by atomic mass is 9.85. The van der Waals surface area contributed by atoms with E-state index in [0.717, 1.165) is 83.5 Å². The van der Waals surface area contributed by atoms with Crippen LogP contribution in [0.3, 0.4) is 0 Å². The molecule has 2 rings (SSSR count). The molecule has 1 aliphatic carbocycles. The number of carbonyl (C=O) groups is 2. The predicted octanol–water partition coefficient (Wildman–Crippen LogP) is 9.94. The molecule has 0 aromatic heterocycles. The maximum absolute atomic E-state index is 13.0. The first kappa shape index (κ1) is 65.3. The van der Waals surface area contributed by atoms with E-state index in [1.807, 2.05) is 18.2 Å². The number of aliphatic hydroxyl groups is 4. The lowest BCUT2D eigenvalue weighted by Gasteiger charge is -2.43. The first-order valence-electron chi connectivity index (χ1n) is 26.3. The van der Waals surface area contributed by atoms with E-state index in [1.165, 1.54) is 38.5 Å². The van der Waals surface area contributed by atoms with Crippen LogP contribution in [0.1, 0.15) is 168 Å². The average molecular weight is 1060 g/mol. The molecule has 1 heterocycles. The molecule has 10 atom stereocenters. The van der Waals surface area contributed by atoms with Crippen molar-refractivity contribution in [1.82, 2.24) is 0 Å². The molecule has 72 heavy (non-hydrogen) atoms. The zero-order valence-corrected chi connectivity index (χ0v) is 44.6. The van der Waals surface area contributed by atoms with Crippen molar-refractivity contribution in [2.75, 3.05) is 13.2 Å². The third-order valence-electron chi connectivity index (χ3n) is 11.9. The fourth-order valence-corrected chi connectivity index (χ4v) is 9.25. The molecule has 7 unspecified atom stereocenters. The summed E-state index contributed by atoms with van der Waals surface area (Å²) in [6, 6.07) is 0. The molecule has 0 spiro atoms. The van der Waals surface area contributed by atoms with Crippen LogP contribution in [-0.2, 0) is 46.5 Å². The first-order chi connectivity index (χ1) is 34.6. The number of epoxide rings is 1. The summed E-state index contributed by atoms with van der Waals surface area (Å²) in [5.41, 5.74) is 0. The summed E-state index contributed by atoms with van der Waals surface area (Å²) < 4.78 is 55.1. The van der Waals surface area contributed by atoms with E-state index < -0.39 is 83.5 Å². The van der Waals surface area contributed by atoms with Gasteiger partial charge in [0.15, 0.2) is 6.10 Å². The van der Waals surface area contributed by atoms with E-state index >= 15 is 0 Å². The summed E-state index contributed by atoms with van der Waals surface area (Å²) in [6.07, 6.45) is 37.2. The van der Waals surface area contributed by atoms with Gasteiger partial charge in [0.1, 0.15) is 43.2 Å². The topological polar surface area (TPSA) is 269 Å². The Kier molecular flexibility index (Phi) is 35.8. The van der Waals surface area contributed by atoms with Crippen molar-refractivity contribution < 1.29 is 81.6 Å². The average Bonchev–Trinajstić information content (AvgIpc) is 4.10. The van der Waals surface area contributed by atoms with Crippen LogP contribution in [0, 0.1) is 0 Å².